The lowest BCUT2D eigenvalue weighted by Gasteiger charge is -2.10. The molecule has 96 valence electrons. The van der Waals surface area contributed by atoms with Crippen molar-refractivity contribution in [3.05, 3.63) is 48.3 Å². The summed E-state index contributed by atoms with van der Waals surface area (Å²) in [5.41, 5.74) is 7.39. The zero-order valence-corrected chi connectivity index (χ0v) is 11.4. The number of aromatic nitrogens is 2. The fraction of sp³-hybridized carbons (Fsp3) is 0.357. The molecular weight excluding hydrogens is 242 g/mol. The van der Waals surface area contributed by atoms with E-state index < -0.39 is 0 Å². The van der Waals surface area contributed by atoms with Crippen molar-refractivity contribution in [1.29, 1.82) is 0 Å². The molecule has 1 aromatic heterocycles. The van der Waals surface area contributed by atoms with Crippen LogP contribution in [0.4, 0.5) is 0 Å². The molecule has 1 unspecified atom stereocenters. The van der Waals surface area contributed by atoms with Crippen LogP contribution in [0.3, 0.4) is 0 Å². The van der Waals surface area contributed by atoms with E-state index in [9.17, 15) is 0 Å². The predicted molar refractivity (Wildman–Crippen MR) is 76.7 cm³/mol. The number of nitrogens with two attached hydrogens (primary N) is 1. The van der Waals surface area contributed by atoms with E-state index in [1.54, 1.807) is 0 Å². The molecule has 2 aromatic rings. The third-order valence-corrected chi connectivity index (χ3v) is 3.97. The van der Waals surface area contributed by atoms with E-state index >= 15 is 0 Å². The van der Waals surface area contributed by atoms with Crippen LogP contribution in [0.5, 0.6) is 0 Å². The number of aryl methyl sites for hydroxylation is 2. The van der Waals surface area contributed by atoms with Gasteiger partial charge in [-0.25, -0.2) is 0 Å². The lowest BCUT2D eigenvalue weighted by molar-refractivity contribution is 0.674. The minimum absolute atomic E-state index is 0.232. The van der Waals surface area contributed by atoms with Crippen LogP contribution in [0, 0.1) is 0 Å². The summed E-state index contributed by atoms with van der Waals surface area (Å²) in [6.45, 7) is 0. The number of benzene rings is 1. The first-order valence-corrected chi connectivity index (χ1v) is 7.13. The fourth-order valence-corrected chi connectivity index (χ4v) is 2.68. The molecule has 0 amide bonds. The zero-order chi connectivity index (χ0) is 12.8. The van der Waals surface area contributed by atoms with Crippen LogP contribution >= 0.6 is 11.8 Å². The van der Waals surface area contributed by atoms with Crippen molar-refractivity contribution in [3.63, 3.8) is 0 Å². The van der Waals surface area contributed by atoms with Gasteiger partial charge in [-0.2, -0.15) is 5.10 Å². The van der Waals surface area contributed by atoms with E-state index in [0.717, 1.165) is 18.6 Å². The molecule has 0 bridgehead atoms. The summed E-state index contributed by atoms with van der Waals surface area (Å²) in [5.74, 6) is 0.963. The smallest absolute Gasteiger partial charge is 0.0521 e. The van der Waals surface area contributed by atoms with Crippen LogP contribution in [0.25, 0.3) is 0 Å². The molecule has 0 saturated carbocycles. The van der Waals surface area contributed by atoms with Crippen molar-refractivity contribution in [2.24, 2.45) is 12.8 Å². The van der Waals surface area contributed by atoms with Gasteiger partial charge in [-0.3, -0.25) is 4.68 Å². The number of hydrogen-bond acceptors (Lipinski definition) is 3. The second-order valence-electron chi connectivity index (χ2n) is 4.45. The molecule has 0 saturated heterocycles. The van der Waals surface area contributed by atoms with Gasteiger partial charge in [0.05, 0.1) is 6.20 Å². The maximum Gasteiger partial charge on any atom is 0.0521 e. The highest BCUT2D eigenvalue weighted by Crippen LogP contribution is 2.18. The second-order valence-corrected chi connectivity index (χ2v) is 5.54. The first kappa shape index (κ1) is 13.2. The number of rotatable bonds is 6. The standard InChI is InChI=1S/C14H19N3S/c1-17-10-12(9-16-17)7-8-13(15)11-18-14-5-3-2-4-6-14/h2-6,9-10,13H,7-8,11,15H2,1H3. The molecule has 0 radical (unpaired) electrons. The van der Waals surface area contributed by atoms with Crippen LogP contribution in [-0.4, -0.2) is 21.6 Å². The quantitative estimate of drug-likeness (QED) is 0.812. The SMILES string of the molecule is Cn1cc(CCC(N)CSc2ccccc2)cn1. The van der Waals surface area contributed by atoms with E-state index in [1.807, 2.05) is 35.8 Å². The topological polar surface area (TPSA) is 43.8 Å². The second kappa shape index (κ2) is 6.61. The van der Waals surface area contributed by atoms with Gasteiger partial charge >= 0.3 is 0 Å². The average Bonchev–Trinajstić information content (AvgIpc) is 2.81. The van der Waals surface area contributed by atoms with Crippen LogP contribution in [0.15, 0.2) is 47.6 Å². The minimum atomic E-state index is 0.232. The largest absolute Gasteiger partial charge is 0.327 e. The molecule has 3 nitrogen and oxygen atoms in total. The first-order valence-electron chi connectivity index (χ1n) is 6.15. The van der Waals surface area contributed by atoms with Gasteiger partial charge < -0.3 is 5.73 Å². The Kier molecular flexibility index (Phi) is 4.84. The summed E-state index contributed by atoms with van der Waals surface area (Å²) in [6.07, 6.45) is 5.98. The van der Waals surface area contributed by atoms with E-state index in [-0.39, 0.29) is 6.04 Å². The van der Waals surface area contributed by atoms with Gasteiger partial charge in [0, 0.05) is 29.9 Å². The van der Waals surface area contributed by atoms with Crippen LogP contribution in [0.1, 0.15) is 12.0 Å². The summed E-state index contributed by atoms with van der Waals surface area (Å²) < 4.78 is 1.83. The Morgan fingerprint density at radius 2 is 2.11 bits per heavy atom. The highest BCUT2D eigenvalue weighted by Gasteiger charge is 2.05. The lowest BCUT2D eigenvalue weighted by Crippen LogP contribution is -2.23. The van der Waals surface area contributed by atoms with Crippen LogP contribution < -0.4 is 5.73 Å². The third-order valence-electron chi connectivity index (χ3n) is 2.77. The Hall–Kier alpha value is -1.26. The Morgan fingerprint density at radius 1 is 1.33 bits per heavy atom. The van der Waals surface area contributed by atoms with Crippen LogP contribution in [0.2, 0.25) is 0 Å². The molecule has 2 rings (SSSR count). The highest BCUT2D eigenvalue weighted by molar-refractivity contribution is 7.99. The molecule has 1 heterocycles. The predicted octanol–water partition coefficient (Wildman–Crippen LogP) is 2.47. The Bertz CT molecular complexity index is 467. The normalized spacial score (nSPS) is 12.6. The summed E-state index contributed by atoms with van der Waals surface area (Å²) in [6, 6.07) is 10.6. The maximum absolute atomic E-state index is 6.13. The van der Waals surface area contributed by atoms with Gasteiger partial charge in [0.15, 0.2) is 0 Å². The Balaban J connectivity index is 1.71. The average molecular weight is 261 g/mol. The van der Waals surface area contributed by atoms with Crippen molar-refractivity contribution < 1.29 is 0 Å². The molecule has 4 heteroatoms. The first-order chi connectivity index (χ1) is 8.74. The Labute approximate surface area is 112 Å². The molecule has 0 aliphatic carbocycles. The molecule has 2 N–H and O–H groups in total. The van der Waals surface area contributed by atoms with Crippen molar-refractivity contribution in [3.8, 4) is 0 Å². The number of thioether (sulfide) groups is 1. The van der Waals surface area contributed by atoms with Gasteiger partial charge in [-0.15, -0.1) is 11.8 Å². The van der Waals surface area contributed by atoms with Crippen molar-refractivity contribution in [2.45, 2.75) is 23.8 Å². The third kappa shape index (κ3) is 4.20. The van der Waals surface area contributed by atoms with E-state index in [2.05, 4.69) is 35.6 Å². The van der Waals surface area contributed by atoms with Crippen LogP contribution in [-0.2, 0) is 13.5 Å². The van der Waals surface area contributed by atoms with Crippen molar-refractivity contribution in [2.75, 3.05) is 5.75 Å². The molecule has 18 heavy (non-hydrogen) atoms. The molecule has 1 atom stereocenters. The summed E-state index contributed by atoms with van der Waals surface area (Å²) in [7, 11) is 1.94. The Morgan fingerprint density at radius 3 is 2.78 bits per heavy atom. The summed E-state index contributed by atoms with van der Waals surface area (Å²) >= 11 is 1.82. The van der Waals surface area contributed by atoms with Gasteiger partial charge in [0.1, 0.15) is 0 Å². The molecule has 0 aliphatic heterocycles. The summed E-state index contributed by atoms with van der Waals surface area (Å²) in [4.78, 5) is 1.29. The molecule has 1 aromatic carbocycles. The molecule has 0 spiro atoms. The van der Waals surface area contributed by atoms with Gasteiger partial charge in [0.25, 0.3) is 0 Å². The summed E-state index contributed by atoms with van der Waals surface area (Å²) in [5, 5.41) is 4.16. The number of hydrogen-bond donors (Lipinski definition) is 1. The molecular formula is C14H19N3S. The fourth-order valence-electron chi connectivity index (χ4n) is 1.76. The van der Waals surface area contributed by atoms with Gasteiger partial charge in [0.2, 0.25) is 0 Å². The molecule has 0 fully saturated rings. The monoisotopic (exact) mass is 261 g/mol. The van der Waals surface area contributed by atoms with Crippen molar-refractivity contribution >= 4 is 11.8 Å². The van der Waals surface area contributed by atoms with Gasteiger partial charge in [-0.1, -0.05) is 18.2 Å². The van der Waals surface area contributed by atoms with E-state index in [4.69, 9.17) is 5.73 Å². The van der Waals surface area contributed by atoms with Crippen molar-refractivity contribution in [1.82, 2.24) is 9.78 Å². The zero-order valence-electron chi connectivity index (χ0n) is 10.6. The lowest BCUT2D eigenvalue weighted by atomic mass is 10.1. The maximum atomic E-state index is 6.13. The molecule has 0 aliphatic rings. The van der Waals surface area contributed by atoms with E-state index in [1.165, 1.54) is 10.5 Å². The van der Waals surface area contributed by atoms with E-state index in [0.29, 0.717) is 0 Å². The highest BCUT2D eigenvalue weighted by atomic mass is 32.2. The minimum Gasteiger partial charge on any atom is -0.327 e. The number of nitrogens with zero attached hydrogens (tertiary/aromatic N) is 2. The van der Waals surface area contributed by atoms with Gasteiger partial charge in [-0.05, 0) is 30.5 Å².